The van der Waals surface area contributed by atoms with Crippen molar-refractivity contribution in [1.29, 1.82) is 0 Å². The number of nitro benzene ring substituents is 1. The van der Waals surface area contributed by atoms with Crippen LogP contribution in [0.2, 0.25) is 0 Å². The number of nitro groups is 1. The highest BCUT2D eigenvalue weighted by Crippen LogP contribution is 2.21. The maximum absolute atomic E-state index is 10.6. The molecule has 0 atom stereocenters. The number of halogens is 1. The van der Waals surface area contributed by atoms with E-state index in [4.69, 9.17) is 0 Å². The van der Waals surface area contributed by atoms with Crippen LogP contribution in [0.15, 0.2) is 58.1 Å². The summed E-state index contributed by atoms with van der Waals surface area (Å²) >= 11 is 3.28. The van der Waals surface area contributed by atoms with Gasteiger partial charge in [-0.25, -0.2) is 0 Å². The van der Waals surface area contributed by atoms with Crippen molar-refractivity contribution in [2.24, 2.45) is 5.10 Å². The molecule has 6 heteroatoms. The number of non-ortho nitro benzene ring substituents is 1. The predicted octanol–water partition coefficient (Wildman–Crippen LogP) is 3.80. The number of hydrogen-bond donors (Lipinski definition) is 1. The topological polar surface area (TPSA) is 67.5 Å². The van der Waals surface area contributed by atoms with Gasteiger partial charge in [0.25, 0.3) is 5.69 Å². The lowest BCUT2D eigenvalue weighted by Gasteiger charge is -2.00. The summed E-state index contributed by atoms with van der Waals surface area (Å²) in [6, 6.07) is 14.0. The first-order valence-corrected chi connectivity index (χ1v) is 6.24. The van der Waals surface area contributed by atoms with E-state index in [0.29, 0.717) is 4.47 Å². The van der Waals surface area contributed by atoms with Crippen LogP contribution in [-0.4, -0.2) is 11.1 Å². The highest BCUT2D eigenvalue weighted by Gasteiger charge is 2.07. The summed E-state index contributed by atoms with van der Waals surface area (Å²) in [6.45, 7) is 0. The molecule has 0 aliphatic heterocycles. The Balaban J connectivity index is 2.09. The Kier molecular flexibility index (Phi) is 4.25. The zero-order chi connectivity index (χ0) is 13.7. The van der Waals surface area contributed by atoms with Gasteiger partial charge in [0.15, 0.2) is 0 Å². The standard InChI is InChI=1S/C13H10BrN3O2/c14-13-8-12(17(18)19)7-6-10(13)9-15-16-11-4-2-1-3-5-11/h1-9,16H/b15-9-. The molecule has 0 aliphatic carbocycles. The molecule has 2 rings (SSSR count). The Morgan fingerprint density at radius 2 is 1.95 bits per heavy atom. The van der Waals surface area contributed by atoms with Crippen molar-refractivity contribution >= 4 is 33.5 Å². The summed E-state index contributed by atoms with van der Waals surface area (Å²) in [4.78, 5) is 10.2. The van der Waals surface area contributed by atoms with Crippen molar-refractivity contribution in [3.05, 3.63) is 68.7 Å². The van der Waals surface area contributed by atoms with E-state index in [1.807, 2.05) is 30.3 Å². The molecule has 19 heavy (non-hydrogen) atoms. The molecule has 2 aromatic carbocycles. The van der Waals surface area contributed by atoms with Crippen LogP contribution in [-0.2, 0) is 0 Å². The molecule has 0 unspecified atom stereocenters. The minimum absolute atomic E-state index is 0.0417. The molecule has 0 radical (unpaired) electrons. The van der Waals surface area contributed by atoms with Gasteiger partial charge in [-0.05, 0) is 34.1 Å². The first-order valence-electron chi connectivity index (χ1n) is 5.45. The minimum Gasteiger partial charge on any atom is -0.279 e. The van der Waals surface area contributed by atoms with Crippen molar-refractivity contribution in [2.75, 3.05) is 5.43 Å². The van der Waals surface area contributed by atoms with Gasteiger partial charge >= 0.3 is 0 Å². The molecule has 0 fully saturated rings. The zero-order valence-electron chi connectivity index (χ0n) is 9.79. The molecular weight excluding hydrogens is 310 g/mol. The van der Waals surface area contributed by atoms with E-state index in [2.05, 4.69) is 26.5 Å². The SMILES string of the molecule is O=[N+]([O-])c1ccc(/C=N\Nc2ccccc2)c(Br)c1. The number of nitrogens with one attached hydrogen (secondary N) is 1. The van der Waals surface area contributed by atoms with Gasteiger partial charge in [-0.1, -0.05) is 18.2 Å². The quantitative estimate of drug-likeness (QED) is 0.529. The van der Waals surface area contributed by atoms with Crippen molar-refractivity contribution in [3.8, 4) is 0 Å². The Morgan fingerprint density at radius 1 is 1.21 bits per heavy atom. The van der Waals surface area contributed by atoms with Gasteiger partial charge in [0.05, 0.1) is 16.8 Å². The third-order valence-electron chi connectivity index (χ3n) is 2.37. The van der Waals surface area contributed by atoms with E-state index in [1.165, 1.54) is 12.1 Å². The summed E-state index contributed by atoms with van der Waals surface area (Å²) < 4.78 is 0.625. The number of benzene rings is 2. The molecule has 0 bridgehead atoms. The van der Waals surface area contributed by atoms with Crippen LogP contribution in [0.1, 0.15) is 5.56 Å². The van der Waals surface area contributed by atoms with Crippen LogP contribution in [0, 0.1) is 10.1 Å². The number of rotatable bonds is 4. The fourth-order valence-electron chi connectivity index (χ4n) is 1.42. The van der Waals surface area contributed by atoms with E-state index < -0.39 is 4.92 Å². The second-order valence-corrected chi connectivity index (χ2v) is 4.55. The highest BCUT2D eigenvalue weighted by molar-refractivity contribution is 9.10. The smallest absolute Gasteiger partial charge is 0.270 e. The fraction of sp³-hybridized carbons (Fsp3) is 0. The normalized spacial score (nSPS) is 10.6. The molecular formula is C13H10BrN3O2. The third kappa shape index (κ3) is 3.62. The summed E-state index contributed by atoms with van der Waals surface area (Å²) in [5.41, 5.74) is 4.54. The molecule has 0 amide bonds. The van der Waals surface area contributed by atoms with Crippen molar-refractivity contribution < 1.29 is 4.92 Å². The number of hydrazone groups is 1. The van der Waals surface area contributed by atoms with Gasteiger partial charge in [0.2, 0.25) is 0 Å². The maximum atomic E-state index is 10.6. The predicted molar refractivity (Wildman–Crippen MR) is 78.5 cm³/mol. The van der Waals surface area contributed by atoms with Crippen molar-refractivity contribution in [1.82, 2.24) is 0 Å². The van der Waals surface area contributed by atoms with Crippen LogP contribution in [0.4, 0.5) is 11.4 Å². The third-order valence-corrected chi connectivity index (χ3v) is 3.05. The lowest BCUT2D eigenvalue weighted by Crippen LogP contribution is -1.93. The number of nitrogens with zero attached hydrogens (tertiary/aromatic N) is 2. The van der Waals surface area contributed by atoms with Gasteiger partial charge in [-0.2, -0.15) is 5.10 Å². The van der Waals surface area contributed by atoms with Gasteiger partial charge < -0.3 is 0 Å². The summed E-state index contributed by atoms with van der Waals surface area (Å²) in [5.74, 6) is 0. The van der Waals surface area contributed by atoms with Gasteiger partial charge in [-0.15, -0.1) is 0 Å². The molecule has 96 valence electrons. The summed E-state index contributed by atoms with van der Waals surface area (Å²) in [7, 11) is 0. The van der Waals surface area contributed by atoms with Gasteiger partial charge in [0, 0.05) is 22.2 Å². The number of anilines is 1. The van der Waals surface area contributed by atoms with Crippen LogP contribution >= 0.6 is 15.9 Å². The molecule has 0 spiro atoms. The van der Waals surface area contributed by atoms with E-state index in [-0.39, 0.29) is 5.69 Å². The lowest BCUT2D eigenvalue weighted by atomic mass is 10.2. The first-order chi connectivity index (χ1) is 9.16. The van der Waals surface area contributed by atoms with Crippen LogP contribution in [0.3, 0.4) is 0 Å². The molecule has 0 aromatic heterocycles. The van der Waals surface area contributed by atoms with E-state index in [0.717, 1.165) is 11.3 Å². The van der Waals surface area contributed by atoms with Gasteiger partial charge in [-0.3, -0.25) is 15.5 Å². The van der Waals surface area contributed by atoms with Crippen molar-refractivity contribution in [2.45, 2.75) is 0 Å². The fourth-order valence-corrected chi connectivity index (χ4v) is 1.89. The van der Waals surface area contributed by atoms with Crippen molar-refractivity contribution in [3.63, 3.8) is 0 Å². The maximum Gasteiger partial charge on any atom is 0.270 e. The number of hydrogen-bond acceptors (Lipinski definition) is 4. The van der Waals surface area contributed by atoms with Crippen LogP contribution in [0.5, 0.6) is 0 Å². The molecule has 2 aromatic rings. The largest absolute Gasteiger partial charge is 0.279 e. The van der Waals surface area contributed by atoms with E-state index in [9.17, 15) is 10.1 Å². The first kappa shape index (κ1) is 13.2. The van der Waals surface area contributed by atoms with Gasteiger partial charge in [0.1, 0.15) is 0 Å². The van der Waals surface area contributed by atoms with Crippen LogP contribution in [0.25, 0.3) is 0 Å². The molecule has 0 heterocycles. The van der Waals surface area contributed by atoms with Crippen LogP contribution < -0.4 is 5.43 Å². The highest BCUT2D eigenvalue weighted by atomic mass is 79.9. The molecule has 1 N–H and O–H groups in total. The lowest BCUT2D eigenvalue weighted by molar-refractivity contribution is -0.384. The summed E-state index contributed by atoms with van der Waals surface area (Å²) in [6.07, 6.45) is 1.60. The average Bonchev–Trinajstić information content (AvgIpc) is 2.41. The Hall–Kier alpha value is -2.21. The number of para-hydroxylation sites is 1. The molecule has 0 saturated carbocycles. The zero-order valence-corrected chi connectivity index (χ0v) is 11.4. The Morgan fingerprint density at radius 3 is 2.58 bits per heavy atom. The average molecular weight is 320 g/mol. The molecule has 0 saturated heterocycles. The monoisotopic (exact) mass is 319 g/mol. The molecule has 5 nitrogen and oxygen atoms in total. The van der Waals surface area contributed by atoms with E-state index >= 15 is 0 Å². The second-order valence-electron chi connectivity index (χ2n) is 3.70. The van der Waals surface area contributed by atoms with E-state index in [1.54, 1.807) is 12.3 Å². The second kappa shape index (κ2) is 6.10. The summed E-state index contributed by atoms with van der Waals surface area (Å²) in [5, 5.41) is 14.7. The minimum atomic E-state index is -0.437. The molecule has 0 aliphatic rings. The Bertz CT molecular complexity index is 615. The Labute approximate surface area is 118 Å².